The van der Waals surface area contributed by atoms with Crippen LogP contribution in [-0.4, -0.2) is 12.0 Å². The second-order valence-electron chi connectivity index (χ2n) is 3.59. The highest BCUT2D eigenvalue weighted by Gasteiger charge is 2.44. The molecule has 0 aliphatic heterocycles. The second kappa shape index (κ2) is 3.76. The van der Waals surface area contributed by atoms with E-state index in [0.717, 1.165) is 5.56 Å². The van der Waals surface area contributed by atoms with E-state index < -0.39 is 5.92 Å². The number of hydrogen-bond donors (Lipinski definition) is 1. The molecule has 5 heteroatoms. The van der Waals surface area contributed by atoms with Crippen molar-refractivity contribution in [3.63, 3.8) is 0 Å². The van der Waals surface area contributed by atoms with Crippen molar-refractivity contribution in [1.82, 2.24) is 5.32 Å². The maximum absolute atomic E-state index is 12.5. The Morgan fingerprint density at radius 1 is 1.50 bits per heavy atom. The van der Waals surface area contributed by atoms with Crippen LogP contribution in [0.15, 0.2) is 10.8 Å². The number of nitrogens with one attached hydrogen (secondary N) is 1. The van der Waals surface area contributed by atoms with E-state index in [1.54, 1.807) is 0 Å². The van der Waals surface area contributed by atoms with E-state index in [9.17, 15) is 8.78 Å². The molecule has 1 heterocycles. The largest absolute Gasteiger partial charge is 0.309 e. The fraction of sp³-hybridized carbons (Fsp3) is 0.556. The van der Waals surface area contributed by atoms with E-state index in [0.29, 0.717) is 11.6 Å². The van der Waals surface area contributed by atoms with Gasteiger partial charge in [-0.15, -0.1) is 0 Å². The highest BCUT2D eigenvalue weighted by molar-refractivity contribution is 7.08. The summed E-state index contributed by atoms with van der Waals surface area (Å²) in [5.41, 5.74) is 0.992. The first-order chi connectivity index (χ1) is 6.57. The van der Waals surface area contributed by atoms with Crippen LogP contribution in [0.3, 0.4) is 0 Å². The topological polar surface area (TPSA) is 12.0 Å². The van der Waals surface area contributed by atoms with Crippen LogP contribution in [0.25, 0.3) is 0 Å². The molecule has 0 saturated heterocycles. The Bertz CT molecular complexity index is 318. The zero-order chi connectivity index (χ0) is 10.2. The highest BCUT2D eigenvalue weighted by atomic mass is 35.5. The zero-order valence-electron chi connectivity index (χ0n) is 7.40. The smallest absolute Gasteiger partial charge is 0.251 e. The predicted octanol–water partition coefficient (Wildman–Crippen LogP) is 3.29. The van der Waals surface area contributed by atoms with Crippen molar-refractivity contribution in [2.75, 3.05) is 0 Å². The molecule has 1 aromatic heterocycles. The molecule has 1 aliphatic rings. The fourth-order valence-electron chi connectivity index (χ4n) is 1.49. The van der Waals surface area contributed by atoms with Gasteiger partial charge in [-0.2, -0.15) is 11.3 Å². The molecule has 0 unspecified atom stereocenters. The highest BCUT2D eigenvalue weighted by Crippen LogP contribution is 2.37. The number of rotatable bonds is 3. The van der Waals surface area contributed by atoms with Crippen LogP contribution in [0.2, 0.25) is 5.02 Å². The van der Waals surface area contributed by atoms with Crippen molar-refractivity contribution in [2.24, 2.45) is 0 Å². The summed E-state index contributed by atoms with van der Waals surface area (Å²) in [6, 6.07) is -0.0547. The van der Waals surface area contributed by atoms with Crippen LogP contribution in [0.5, 0.6) is 0 Å². The molecule has 1 saturated carbocycles. The van der Waals surface area contributed by atoms with E-state index in [1.807, 2.05) is 10.8 Å². The lowest BCUT2D eigenvalue weighted by Crippen LogP contribution is -2.48. The first kappa shape index (κ1) is 10.3. The molecular formula is C9H10ClF2NS. The summed E-state index contributed by atoms with van der Waals surface area (Å²) in [6.45, 7) is 0.586. The van der Waals surface area contributed by atoms with Crippen molar-refractivity contribution in [1.29, 1.82) is 0 Å². The maximum Gasteiger partial charge on any atom is 0.251 e. The van der Waals surface area contributed by atoms with Gasteiger partial charge >= 0.3 is 0 Å². The lowest BCUT2D eigenvalue weighted by Gasteiger charge is -2.35. The van der Waals surface area contributed by atoms with Crippen LogP contribution in [-0.2, 0) is 6.54 Å². The van der Waals surface area contributed by atoms with Crippen LogP contribution < -0.4 is 5.32 Å². The molecule has 78 valence electrons. The van der Waals surface area contributed by atoms with Crippen LogP contribution in [0.4, 0.5) is 8.78 Å². The quantitative estimate of drug-likeness (QED) is 0.851. The summed E-state index contributed by atoms with van der Waals surface area (Å²) in [5.74, 6) is -2.45. The van der Waals surface area contributed by atoms with Gasteiger partial charge in [-0.05, 0) is 10.9 Å². The number of hydrogen-bond acceptors (Lipinski definition) is 2. The SMILES string of the molecule is FC1(F)CC(NCc2cscc2Cl)C1. The lowest BCUT2D eigenvalue weighted by molar-refractivity contribution is -0.0930. The molecule has 1 nitrogen and oxygen atoms in total. The summed E-state index contributed by atoms with van der Waals surface area (Å²) in [4.78, 5) is 0. The van der Waals surface area contributed by atoms with Crippen molar-refractivity contribution in [2.45, 2.75) is 31.4 Å². The minimum atomic E-state index is -2.45. The summed E-state index contributed by atoms with van der Waals surface area (Å²) in [7, 11) is 0. The Labute approximate surface area is 90.1 Å². The summed E-state index contributed by atoms with van der Waals surface area (Å²) in [6.07, 6.45) is -0.0937. The van der Waals surface area contributed by atoms with Crippen molar-refractivity contribution in [3.8, 4) is 0 Å². The van der Waals surface area contributed by atoms with E-state index in [-0.39, 0.29) is 18.9 Å². The summed E-state index contributed by atoms with van der Waals surface area (Å²) >= 11 is 7.39. The molecule has 14 heavy (non-hydrogen) atoms. The third kappa shape index (κ3) is 2.24. The minimum absolute atomic E-state index is 0.0469. The molecule has 0 radical (unpaired) electrons. The van der Waals surface area contributed by atoms with E-state index in [4.69, 9.17) is 11.6 Å². The van der Waals surface area contributed by atoms with Crippen molar-refractivity contribution >= 4 is 22.9 Å². The number of thiophene rings is 1. The van der Waals surface area contributed by atoms with Crippen LogP contribution in [0.1, 0.15) is 18.4 Å². The molecule has 2 rings (SSSR count). The molecular weight excluding hydrogens is 228 g/mol. The summed E-state index contributed by atoms with van der Waals surface area (Å²) < 4.78 is 24.9. The first-order valence-corrected chi connectivity index (χ1v) is 5.71. The van der Waals surface area contributed by atoms with Gasteiger partial charge in [0, 0.05) is 30.8 Å². The Morgan fingerprint density at radius 2 is 2.21 bits per heavy atom. The molecule has 1 aromatic rings. The van der Waals surface area contributed by atoms with Gasteiger partial charge in [-0.3, -0.25) is 0 Å². The van der Waals surface area contributed by atoms with Gasteiger partial charge in [0.05, 0.1) is 5.02 Å². The van der Waals surface area contributed by atoms with Crippen molar-refractivity contribution in [3.05, 3.63) is 21.3 Å². The average Bonchev–Trinajstić information content (AvgIpc) is 2.44. The van der Waals surface area contributed by atoms with E-state index in [1.165, 1.54) is 11.3 Å². The molecule has 1 aliphatic carbocycles. The Hall–Kier alpha value is -0.190. The van der Waals surface area contributed by atoms with Gasteiger partial charge in [-0.1, -0.05) is 11.6 Å². The normalized spacial score (nSPS) is 20.8. The third-order valence-electron chi connectivity index (χ3n) is 2.36. The Balaban J connectivity index is 1.77. The molecule has 0 spiro atoms. The lowest BCUT2D eigenvalue weighted by atomic mass is 9.88. The molecule has 0 aromatic carbocycles. The van der Waals surface area contributed by atoms with Gasteiger partial charge in [0.1, 0.15) is 0 Å². The van der Waals surface area contributed by atoms with Gasteiger partial charge < -0.3 is 5.32 Å². The van der Waals surface area contributed by atoms with E-state index in [2.05, 4.69) is 5.32 Å². The Kier molecular flexibility index (Phi) is 2.77. The molecule has 1 fully saturated rings. The van der Waals surface area contributed by atoms with Gasteiger partial charge in [0.25, 0.3) is 5.92 Å². The predicted molar refractivity (Wildman–Crippen MR) is 54.1 cm³/mol. The van der Waals surface area contributed by atoms with E-state index >= 15 is 0 Å². The second-order valence-corrected chi connectivity index (χ2v) is 4.74. The van der Waals surface area contributed by atoms with Crippen molar-refractivity contribution < 1.29 is 8.78 Å². The van der Waals surface area contributed by atoms with Crippen LogP contribution >= 0.6 is 22.9 Å². The first-order valence-electron chi connectivity index (χ1n) is 4.39. The average molecular weight is 238 g/mol. The number of halogens is 3. The zero-order valence-corrected chi connectivity index (χ0v) is 8.97. The molecule has 0 amide bonds. The summed E-state index contributed by atoms with van der Waals surface area (Å²) in [5, 5.41) is 7.55. The standard InChI is InChI=1S/C9H10ClF2NS/c10-8-5-14-4-6(8)3-13-7-1-9(11,12)2-7/h4-5,7,13H,1-3H2. The van der Waals surface area contributed by atoms with Gasteiger partial charge in [0.2, 0.25) is 0 Å². The van der Waals surface area contributed by atoms with Crippen LogP contribution in [0, 0.1) is 0 Å². The number of alkyl halides is 2. The molecule has 0 atom stereocenters. The maximum atomic E-state index is 12.5. The monoisotopic (exact) mass is 237 g/mol. The molecule has 1 N–H and O–H groups in total. The van der Waals surface area contributed by atoms with Gasteiger partial charge in [0.15, 0.2) is 0 Å². The third-order valence-corrected chi connectivity index (χ3v) is 3.63. The fourth-order valence-corrected chi connectivity index (χ4v) is 2.55. The minimum Gasteiger partial charge on any atom is -0.309 e. The Morgan fingerprint density at radius 3 is 2.71 bits per heavy atom. The van der Waals surface area contributed by atoms with Gasteiger partial charge in [-0.25, -0.2) is 8.78 Å². The molecule has 0 bridgehead atoms.